The number of aliphatic imine (C=N–C) groups is 1. The third-order valence-corrected chi connectivity index (χ3v) is 6.54. The number of nitro groups is 1. The van der Waals surface area contributed by atoms with Gasteiger partial charge < -0.3 is 9.84 Å². The van der Waals surface area contributed by atoms with Crippen LogP contribution in [-0.4, -0.2) is 44.1 Å². The summed E-state index contributed by atoms with van der Waals surface area (Å²) in [5.41, 5.74) is -0.0125. The second-order valence-corrected chi connectivity index (χ2v) is 8.47. The largest absolute Gasteiger partial charge is 0.872 e. The fourth-order valence-corrected chi connectivity index (χ4v) is 4.61. The SMILES string of the molecule is COc1ccc(S(=O)(=O)N2CCCCC2)cc1N=Cc1cc([N+](=O)[O-])ccc1[O-]. The van der Waals surface area contributed by atoms with Gasteiger partial charge in [0.2, 0.25) is 10.0 Å². The average Bonchev–Trinajstić information content (AvgIpc) is 2.73. The maximum Gasteiger partial charge on any atom is 0.270 e. The van der Waals surface area contributed by atoms with Gasteiger partial charge in [-0.2, -0.15) is 4.31 Å². The summed E-state index contributed by atoms with van der Waals surface area (Å²) in [5, 5.41) is 22.9. The van der Waals surface area contributed by atoms with Crippen LogP contribution in [0.25, 0.3) is 0 Å². The second kappa shape index (κ2) is 8.58. The maximum absolute atomic E-state index is 12.9. The van der Waals surface area contributed by atoms with E-state index in [4.69, 9.17) is 4.74 Å². The van der Waals surface area contributed by atoms with Crippen LogP contribution in [-0.2, 0) is 10.0 Å². The van der Waals surface area contributed by atoms with E-state index in [0.29, 0.717) is 18.8 Å². The lowest BCUT2D eigenvalue weighted by molar-refractivity contribution is -0.385. The lowest BCUT2D eigenvalue weighted by Crippen LogP contribution is -2.35. The first-order chi connectivity index (χ1) is 13.8. The zero-order valence-electron chi connectivity index (χ0n) is 15.8. The van der Waals surface area contributed by atoms with Gasteiger partial charge in [-0.3, -0.25) is 15.1 Å². The van der Waals surface area contributed by atoms with Gasteiger partial charge in [0, 0.05) is 31.4 Å². The summed E-state index contributed by atoms with van der Waals surface area (Å²) in [6.07, 6.45) is 3.81. The Morgan fingerprint density at radius 3 is 2.52 bits per heavy atom. The normalized spacial score (nSPS) is 15.5. The Morgan fingerprint density at radius 1 is 1.14 bits per heavy atom. The van der Waals surface area contributed by atoms with E-state index in [2.05, 4.69) is 4.99 Å². The van der Waals surface area contributed by atoms with Gasteiger partial charge in [0.15, 0.2) is 0 Å². The van der Waals surface area contributed by atoms with Crippen LogP contribution >= 0.6 is 0 Å². The Balaban J connectivity index is 1.97. The van der Waals surface area contributed by atoms with Crippen LogP contribution < -0.4 is 9.84 Å². The van der Waals surface area contributed by atoms with Gasteiger partial charge in [-0.1, -0.05) is 18.2 Å². The predicted molar refractivity (Wildman–Crippen MR) is 105 cm³/mol. The van der Waals surface area contributed by atoms with Gasteiger partial charge >= 0.3 is 0 Å². The van der Waals surface area contributed by atoms with Gasteiger partial charge in [0.1, 0.15) is 11.4 Å². The topological polar surface area (TPSA) is 125 Å². The molecule has 29 heavy (non-hydrogen) atoms. The summed E-state index contributed by atoms with van der Waals surface area (Å²) in [6.45, 7) is 0.945. The predicted octanol–water partition coefficient (Wildman–Crippen LogP) is 2.60. The van der Waals surface area contributed by atoms with E-state index in [1.807, 2.05) is 0 Å². The molecule has 154 valence electrons. The third-order valence-electron chi connectivity index (χ3n) is 4.65. The number of nitrogens with zero attached hydrogens (tertiary/aromatic N) is 3. The molecule has 0 unspecified atom stereocenters. The summed E-state index contributed by atoms with van der Waals surface area (Å²) in [7, 11) is -2.25. The number of sulfonamides is 1. The number of non-ortho nitro benzene ring substituents is 1. The summed E-state index contributed by atoms with van der Waals surface area (Å²) in [6, 6.07) is 7.65. The number of piperidine rings is 1. The van der Waals surface area contributed by atoms with Crippen molar-refractivity contribution in [1.29, 1.82) is 0 Å². The first-order valence-electron chi connectivity index (χ1n) is 9.00. The Morgan fingerprint density at radius 2 is 1.86 bits per heavy atom. The highest BCUT2D eigenvalue weighted by Crippen LogP contribution is 2.32. The third kappa shape index (κ3) is 4.54. The van der Waals surface area contributed by atoms with Crippen molar-refractivity contribution in [3.8, 4) is 11.5 Å². The Hall–Kier alpha value is -2.98. The highest BCUT2D eigenvalue weighted by molar-refractivity contribution is 7.89. The lowest BCUT2D eigenvalue weighted by Gasteiger charge is -2.26. The van der Waals surface area contributed by atoms with Gasteiger partial charge in [-0.15, -0.1) is 0 Å². The van der Waals surface area contributed by atoms with Crippen molar-refractivity contribution in [1.82, 2.24) is 4.31 Å². The summed E-state index contributed by atoms with van der Waals surface area (Å²) < 4.78 is 32.5. The number of hydrogen-bond acceptors (Lipinski definition) is 7. The Bertz CT molecular complexity index is 1050. The van der Waals surface area contributed by atoms with Crippen LogP contribution in [0.4, 0.5) is 11.4 Å². The quantitative estimate of drug-likeness (QED) is 0.403. The number of nitro benzene ring substituents is 1. The standard InChI is InChI=1S/C19H21N3O6S/c1-28-19-8-6-16(29(26,27)21-9-3-2-4-10-21)12-17(19)20-13-14-11-15(22(24)25)5-7-18(14)23/h5-8,11-13,23H,2-4,9-10H2,1H3/p-1. The first kappa shape index (κ1) is 20.7. The highest BCUT2D eigenvalue weighted by atomic mass is 32.2. The molecular formula is C19H20N3O6S-. The van der Waals surface area contributed by atoms with Gasteiger partial charge in [-0.05, 0) is 36.6 Å². The molecule has 0 amide bonds. The maximum atomic E-state index is 12.9. The molecule has 0 saturated carbocycles. The smallest absolute Gasteiger partial charge is 0.270 e. The lowest BCUT2D eigenvalue weighted by atomic mass is 10.2. The zero-order chi connectivity index (χ0) is 21.0. The van der Waals surface area contributed by atoms with Crippen molar-refractivity contribution >= 4 is 27.6 Å². The summed E-state index contributed by atoms with van der Waals surface area (Å²) in [5.74, 6) is -0.118. The van der Waals surface area contributed by atoms with Crippen molar-refractivity contribution in [2.45, 2.75) is 24.2 Å². The van der Waals surface area contributed by atoms with Crippen LogP contribution in [0, 0.1) is 10.1 Å². The van der Waals surface area contributed by atoms with E-state index < -0.39 is 20.7 Å². The van der Waals surface area contributed by atoms with Crippen LogP contribution in [0.3, 0.4) is 0 Å². The van der Waals surface area contributed by atoms with Gasteiger partial charge in [0.25, 0.3) is 5.69 Å². The molecule has 0 aromatic heterocycles. The van der Waals surface area contributed by atoms with E-state index >= 15 is 0 Å². The molecule has 1 saturated heterocycles. The molecule has 0 N–H and O–H groups in total. The van der Waals surface area contributed by atoms with E-state index in [9.17, 15) is 23.6 Å². The highest BCUT2D eigenvalue weighted by Gasteiger charge is 2.26. The molecule has 2 aromatic rings. The Labute approximate surface area is 168 Å². The van der Waals surface area contributed by atoms with E-state index in [1.54, 1.807) is 0 Å². The number of benzene rings is 2. The molecule has 0 spiro atoms. The summed E-state index contributed by atoms with van der Waals surface area (Å²) >= 11 is 0. The Kier molecular flexibility index (Phi) is 6.14. The number of ether oxygens (including phenoxy) is 1. The fourth-order valence-electron chi connectivity index (χ4n) is 3.07. The van der Waals surface area contributed by atoms with Gasteiger partial charge in [0.05, 0.1) is 16.9 Å². The molecule has 1 aliphatic heterocycles. The van der Waals surface area contributed by atoms with Crippen molar-refractivity contribution < 1.29 is 23.2 Å². The molecule has 10 heteroatoms. The molecule has 1 aliphatic rings. The van der Waals surface area contributed by atoms with E-state index in [0.717, 1.165) is 37.5 Å². The first-order valence-corrected chi connectivity index (χ1v) is 10.4. The molecule has 2 aromatic carbocycles. The molecule has 1 fully saturated rings. The monoisotopic (exact) mass is 418 g/mol. The number of hydrogen-bond donors (Lipinski definition) is 0. The van der Waals surface area contributed by atoms with Crippen LogP contribution in [0.1, 0.15) is 24.8 Å². The fraction of sp³-hybridized carbons (Fsp3) is 0.316. The molecular weight excluding hydrogens is 398 g/mol. The molecule has 0 atom stereocenters. The van der Waals surface area contributed by atoms with E-state index in [1.165, 1.54) is 35.8 Å². The molecule has 3 rings (SSSR count). The number of methoxy groups -OCH3 is 1. The van der Waals surface area contributed by atoms with E-state index in [-0.39, 0.29) is 21.8 Å². The zero-order valence-corrected chi connectivity index (χ0v) is 16.6. The summed E-state index contributed by atoms with van der Waals surface area (Å²) in [4.78, 5) is 14.6. The molecule has 9 nitrogen and oxygen atoms in total. The molecule has 0 radical (unpaired) electrons. The second-order valence-electron chi connectivity index (χ2n) is 6.54. The van der Waals surface area contributed by atoms with Crippen LogP contribution in [0.15, 0.2) is 46.3 Å². The van der Waals surface area contributed by atoms with Crippen molar-refractivity contribution in [2.75, 3.05) is 20.2 Å². The minimum atomic E-state index is -3.67. The van der Waals surface area contributed by atoms with Crippen molar-refractivity contribution in [3.63, 3.8) is 0 Å². The number of rotatable bonds is 6. The molecule has 1 heterocycles. The molecule has 0 bridgehead atoms. The average molecular weight is 418 g/mol. The minimum absolute atomic E-state index is 0.0190. The van der Waals surface area contributed by atoms with Crippen LogP contribution in [0.5, 0.6) is 11.5 Å². The van der Waals surface area contributed by atoms with Crippen molar-refractivity contribution in [2.24, 2.45) is 4.99 Å². The van der Waals surface area contributed by atoms with Crippen LogP contribution in [0.2, 0.25) is 0 Å². The molecule has 0 aliphatic carbocycles. The van der Waals surface area contributed by atoms with Gasteiger partial charge in [-0.25, -0.2) is 8.42 Å². The van der Waals surface area contributed by atoms with Crippen molar-refractivity contribution in [3.05, 3.63) is 52.1 Å². The minimum Gasteiger partial charge on any atom is -0.872 e.